The number of carbonyl (C=O) groups excluding carboxylic acids is 1. The Labute approximate surface area is 121 Å². The van der Waals surface area contributed by atoms with Gasteiger partial charge < -0.3 is 10.3 Å². The van der Waals surface area contributed by atoms with Crippen molar-refractivity contribution in [3.8, 4) is 0 Å². The standard InChI is InChI=1S/C13H13N3O4S/c1-16-8-2-3-11(13(16)18)15-21(19,20)10-6-4-9(5-7-10)12(14)17/h2-8,15H,1H3,(H2,14,17). The van der Waals surface area contributed by atoms with Gasteiger partial charge in [-0.2, -0.15) is 0 Å². The summed E-state index contributed by atoms with van der Waals surface area (Å²) < 4.78 is 27.8. The first-order chi connectivity index (χ1) is 9.81. The second-order valence-corrected chi connectivity index (χ2v) is 6.01. The number of benzene rings is 1. The number of hydrogen-bond donors (Lipinski definition) is 2. The first-order valence-corrected chi connectivity index (χ1v) is 7.38. The highest BCUT2D eigenvalue weighted by molar-refractivity contribution is 7.92. The fourth-order valence-corrected chi connectivity index (χ4v) is 2.73. The number of nitrogens with two attached hydrogens (primary N) is 1. The van der Waals surface area contributed by atoms with Crippen molar-refractivity contribution >= 4 is 21.6 Å². The maximum Gasteiger partial charge on any atom is 0.274 e. The summed E-state index contributed by atoms with van der Waals surface area (Å²) in [6, 6.07) is 8.03. The zero-order valence-corrected chi connectivity index (χ0v) is 11.9. The van der Waals surface area contributed by atoms with E-state index in [1.807, 2.05) is 0 Å². The van der Waals surface area contributed by atoms with Crippen molar-refractivity contribution in [3.05, 3.63) is 58.5 Å². The number of pyridine rings is 1. The van der Waals surface area contributed by atoms with Gasteiger partial charge in [-0.3, -0.25) is 14.3 Å². The highest BCUT2D eigenvalue weighted by Crippen LogP contribution is 2.14. The summed E-state index contributed by atoms with van der Waals surface area (Å²) in [7, 11) is -2.39. The number of rotatable bonds is 4. The van der Waals surface area contributed by atoms with E-state index in [1.54, 1.807) is 6.07 Å². The van der Waals surface area contributed by atoms with E-state index in [2.05, 4.69) is 4.72 Å². The molecule has 7 nitrogen and oxygen atoms in total. The van der Waals surface area contributed by atoms with E-state index in [4.69, 9.17) is 5.73 Å². The molecular formula is C13H13N3O4S. The molecule has 0 bridgehead atoms. The Kier molecular flexibility index (Phi) is 3.81. The molecule has 0 aliphatic heterocycles. The van der Waals surface area contributed by atoms with Crippen LogP contribution in [0, 0.1) is 0 Å². The van der Waals surface area contributed by atoms with E-state index in [9.17, 15) is 18.0 Å². The van der Waals surface area contributed by atoms with Gasteiger partial charge in [-0.1, -0.05) is 0 Å². The maximum atomic E-state index is 12.2. The molecule has 8 heteroatoms. The average molecular weight is 307 g/mol. The van der Waals surface area contributed by atoms with E-state index >= 15 is 0 Å². The summed E-state index contributed by atoms with van der Waals surface area (Å²) in [6.45, 7) is 0. The number of primary amides is 1. The summed E-state index contributed by atoms with van der Waals surface area (Å²) in [5, 5.41) is 0. The predicted molar refractivity (Wildman–Crippen MR) is 77.5 cm³/mol. The van der Waals surface area contributed by atoms with Crippen molar-refractivity contribution < 1.29 is 13.2 Å². The molecule has 0 atom stereocenters. The fraction of sp³-hybridized carbons (Fsp3) is 0.0769. The maximum absolute atomic E-state index is 12.2. The van der Waals surface area contributed by atoms with Gasteiger partial charge in [0.05, 0.1) is 4.90 Å². The van der Waals surface area contributed by atoms with Gasteiger partial charge in [0.2, 0.25) is 5.91 Å². The Balaban J connectivity index is 2.36. The van der Waals surface area contributed by atoms with Crippen LogP contribution in [0.15, 0.2) is 52.3 Å². The molecule has 3 N–H and O–H groups in total. The molecule has 0 aliphatic carbocycles. The van der Waals surface area contributed by atoms with Crippen molar-refractivity contribution in [1.82, 2.24) is 4.57 Å². The van der Waals surface area contributed by atoms with Crippen molar-refractivity contribution in [2.24, 2.45) is 12.8 Å². The molecule has 110 valence electrons. The molecule has 1 heterocycles. The lowest BCUT2D eigenvalue weighted by molar-refractivity contribution is 0.1000. The van der Waals surface area contributed by atoms with Crippen molar-refractivity contribution in [2.45, 2.75) is 4.90 Å². The lowest BCUT2D eigenvalue weighted by atomic mass is 10.2. The fourth-order valence-electron chi connectivity index (χ4n) is 1.68. The first-order valence-electron chi connectivity index (χ1n) is 5.89. The van der Waals surface area contributed by atoms with Crippen LogP contribution in [-0.2, 0) is 17.1 Å². The number of anilines is 1. The van der Waals surface area contributed by atoms with Crippen LogP contribution in [0.1, 0.15) is 10.4 Å². The second-order valence-electron chi connectivity index (χ2n) is 4.33. The molecule has 0 unspecified atom stereocenters. The minimum absolute atomic E-state index is 0.0565. The second kappa shape index (κ2) is 5.41. The molecule has 2 rings (SSSR count). The smallest absolute Gasteiger partial charge is 0.274 e. The highest BCUT2D eigenvalue weighted by atomic mass is 32.2. The van der Waals surface area contributed by atoms with E-state index in [-0.39, 0.29) is 16.1 Å². The molecule has 0 spiro atoms. The normalized spacial score (nSPS) is 11.1. The van der Waals surface area contributed by atoms with Gasteiger partial charge in [0.1, 0.15) is 5.69 Å². The molecule has 1 amide bonds. The van der Waals surface area contributed by atoms with Crippen LogP contribution >= 0.6 is 0 Å². The zero-order valence-electron chi connectivity index (χ0n) is 11.1. The number of amides is 1. The first kappa shape index (κ1) is 14.8. The van der Waals surface area contributed by atoms with E-state index in [1.165, 1.54) is 48.1 Å². The number of nitrogens with zero attached hydrogens (tertiary/aromatic N) is 1. The third-order valence-electron chi connectivity index (χ3n) is 2.82. The van der Waals surface area contributed by atoms with Gasteiger partial charge in [0.25, 0.3) is 15.6 Å². The minimum atomic E-state index is -3.91. The van der Waals surface area contributed by atoms with Crippen LogP contribution < -0.4 is 16.0 Å². The Bertz CT molecular complexity index is 838. The van der Waals surface area contributed by atoms with Crippen molar-refractivity contribution in [1.29, 1.82) is 0 Å². The number of aromatic nitrogens is 1. The van der Waals surface area contributed by atoms with E-state index in [0.29, 0.717) is 0 Å². The third-order valence-corrected chi connectivity index (χ3v) is 4.20. The quantitative estimate of drug-likeness (QED) is 0.845. The number of sulfonamides is 1. The molecule has 1 aromatic carbocycles. The van der Waals surface area contributed by atoms with Crippen LogP contribution in [-0.4, -0.2) is 18.9 Å². The van der Waals surface area contributed by atoms with Gasteiger partial charge in [-0.05, 0) is 36.4 Å². The molecule has 21 heavy (non-hydrogen) atoms. The number of nitrogens with one attached hydrogen (secondary N) is 1. The molecular weight excluding hydrogens is 294 g/mol. The SMILES string of the molecule is Cn1cccc(NS(=O)(=O)c2ccc(C(N)=O)cc2)c1=O. The number of hydrogen-bond acceptors (Lipinski definition) is 4. The summed E-state index contributed by atoms with van der Waals surface area (Å²) in [5.41, 5.74) is 4.76. The Morgan fingerprint density at radius 2 is 1.81 bits per heavy atom. The van der Waals surface area contributed by atoms with Gasteiger partial charge in [0.15, 0.2) is 0 Å². The van der Waals surface area contributed by atoms with Gasteiger partial charge in [0, 0.05) is 18.8 Å². The van der Waals surface area contributed by atoms with E-state index in [0.717, 1.165) is 0 Å². The van der Waals surface area contributed by atoms with Crippen molar-refractivity contribution in [3.63, 3.8) is 0 Å². The molecule has 0 aliphatic rings. The van der Waals surface area contributed by atoms with Gasteiger partial charge in [-0.15, -0.1) is 0 Å². The summed E-state index contributed by atoms with van der Waals surface area (Å²) in [4.78, 5) is 22.7. The van der Waals surface area contributed by atoms with E-state index < -0.39 is 21.5 Å². The number of carbonyl (C=O) groups is 1. The van der Waals surface area contributed by atoms with Crippen LogP contribution in [0.4, 0.5) is 5.69 Å². The third kappa shape index (κ3) is 3.11. The zero-order chi connectivity index (χ0) is 15.6. The summed E-state index contributed by atoms with van der Waals surface area (Å²) in [5.74, 6) is -0.649. The van der Waals surface area contributed by atoms with Crippen LogP contribution in [0.25, 0.3) is 0 Å². The molecule has 0 fully saturated rings. The van der Waals surface area contributed by atoms with Gasteiger partial charge >= 0.3 is 0 Å². The minimum Gasteiger partial charge on any atom is -0.366 e. The summed E-state index contributed by atoms with van der Waals surface area (Å²) >= 11 is 0. The Morgan fingerprint density at radius 1 is 1.19 bits per heavy atom. The number of aryl methyl sites for hydroxylation is 1. The predicted octanol–water partition coefficient (Wildman–Crippen LogP) is 0.285. The lowest BCUT2D eigenvalue weighted by Gasteiger charge is -2.08. The topological polar surface area (TPSA) is 111 Å². The Morgan fingerprint density at radius 3 is 2.38 bits per heavy atom. The molecule has 2 aromatic rings. The van der Waals surface area contributed by atoms with Crippen LogP contribution in [0.2, 0.25) is 0 Å². The molecule has 0 radical (unpaired) electrons. The average Bonchev–Trinajstić information content (AvgIpc) is 2.44. The van der Waals surface area contributed by atoms with Crippen molar-refractivity contribution in [2.75, 3.05) is 4.72 Å². The molecule has 1 aromatic heterocycles. The van der Waals surface area contributed by atoms with Gasteiger partial charge in [-0.25, -0.2) is 8.42 Å². The highest BCUT2D eigenvalue weighted by Gasteiger charge is 2.16. The molecule has 0 saturated heterocycles. The Hall–Kier alpha value is -2.61. The lowest BCUT2D eigenvalue weighted by Crippen LogP contribution is -2.23. The van der Waals surface area contributed by atoms with Crippen LogP contribution in [0.5, 0.6) is 0 Å². The largest absolute Gasteiger partial charge is 0.366 e. The molecule has 0 saturated carbocycles. The van der Waals surface area contributed by atoms with Crippen LogP contribution in [0.3, 0.4) is 0 Å². The summed E-state index contributed by atoms with van der Waals surface area (Å²) in [6.07, 6.45) is 1.52. The monoisotopic (exact) mass is 307 g/mol.